The van der Waals surface area contributed by atoms with Crippen LogP contribution in [0, 0.1) is 6.92 Å². The molecule has 29 heavy (non-hydrogen) atoms. The number of carbonyl (C=O) groups is 1. The first kappa shape index (κ1) is 18.1. The van der Waals surface area contributed by atoms with Crippen LogP contribution in [0.1, 0.15) is 41.3 Å². The van der Waals surface area contributed by atoms with Crippen molar-refractivity contribution in [3.05, 3.63) is 70.9 Å². The van der Waals surface area contributed by atoms with Gasteiger partial charge in [0.25, 0.3) is 5.91 Å². The van der Waals surface area contributed by atoms with Crippen LogP contribution in [0.5, 0.6) is 0 Å². The maximum absolute atomic E-state index is 12.5. The quantitative estimate of drug-likeness (QED) is 0.548. The number of amides is 1. The van der Waals surface area contributed by atoms with Gasteiger partial charge in [-0.2, -0.15) is 5.10 Å². The van der Waals surface area contributed by atoms with Crippen LogP contribution in [0.15, 0.2) is 53.6 Å². The summed E-state index contributed by atoms with van der Waals surface area (Å²) in [7, 11) is 0. The van der Waals surface area contributed by atoms with Gasteiger partial charge in [-0.3, -0.25) is 9.69 Å². The summed E-state index contributed by atoms with van der Waals surface area (Å²) in [6, 6.07) is 16.9. The highest BCUT2D eigenvalue weighted by Gasteiger charge is 2.35. The molecule has 1 amide bonds. The molecular formula is C24H26N4O. The van der Waals surface area contributed by atoms with Crippen LogP contribution in [0.3, 0.4) is 0 Å². The number of rotatable bonds is 4. The Morgan fingerprint density at radius 1 is 1.21 bits per heavy atom. The zero-order valence-corrected chi connectivity index (χ0v) is 16.8. The number of aryl methyl sites for hydroxylation is 2. The summed E-state index contributed by atoms with van der Waals surface area (Å²) < 4.78 is 2.50. The van der Waals surface area contributed by atoms with Gasteiger partial charge in [0.1, 0.15) is 0 Å². The molecule has 0 bridgehead atoms. The van der Waals surface area contributed by atoms with Crippen molar-refractivity contribution in [1.29, 1.82) is 0 Å². The molecule has 1 N–H and O–H groups in total. The van der Waals surface area contributed by atoms with Gasteiger partial charge in [-0.15, -0.1) is 0 Å². The Morgan fingerprint density at radius 3 is 2.93 bits per heavy atom. The number of hydrazone groups is 1. The molecule has 5 rings (SSSR count). The van der Waals surface area contributed by atoms with Gasteiger partial charge >= 0.3 is 0 Å². The number of aromatic nitrogens is 1. The Kier molecular flexibility index (Phi) is 4.68. The first-order valence-corrected chi connectivity index (χ1v) is 10.4. The fraction of sp³-hybridized carbons (Fsp3) is 0.333. The van der Waals surface area contributed by atoms with E-state index in [-0.39, 0.29) is 5.91 Å². The summed E-state index contributed by atoms with van der Waals surface area (Å²) in [5.74, 6) is -0.0512. The first-order valence-electron chi connectivity index (χ1n) is 10.4. The predicted octanol–water partition coefficient (Wildman–Crippen LogP) is 3.79. The molecule has 0 radical (unpaired) electrons. The van der Waals surface area contributed by atoms with Gasteiger partial charge < -0.3 is 4.57 Å². The van der Waals surface area contributed by atoms with Crippen molar-refractivity contribution in [1.82, 2.24) is 14.9 Å². The summed E-state index contributed by atoms with van der Waals surface area (Å²) >= 11 is 0. The van der Waals surface area contributed by atoms with Crippen molar-refractivity contribution in [2.75, 3.05) is 13.1 Å². The molecule has 5 heteroatoms. The summed E-state index contributed by atoms with van der Waals surface area (Å²) in [6.45, 7) is 4.38. The van der Waals surface area contributed by atoms with E-state index in [0.717, 1.165) is 31.5 Å². The topological polar surface area (TPSA) is 49.6 Å². The van der Waals surface area contributed by atoms with Crippen LogP contribution < -0.4 is 5.43 Å². The molecule has 1 unspecified atom stereocenters. The molecule has 0 saturated carbocycles. The Bertz CT molecular complexity index is 1080. The van der Waals surface area contributed by atoms with Crippen molar-refractivity contribution in [2.45, 2.75) is 38.8 Å². The number of carbonyl (C=O) groups excluding carboxylic acids is 1. The minimum atomic E-state index is -0.0512. The van der Waals surface area contributed by atoms with E-state index in [1.807, 2.05) is 30.3 Å². The van der Waals surface area contributed by atoms with E-state index in [0.29, 0.717) is 12.6 Å². The predicted molar refractivity (Wildman–Crippen MR) is 116 cm³/mol. The molecule has 3 aromatic rings. The van der Waals surface area contributed by atoms with Crippen LogP contribution in [-0.4, -0.2) is 34.7 Å². The highest BCUT2D eigenvalue weighted by atomic mass is 16.2. The zero-order valence-electron chi connectivity index (χ0n) is 16.8. The van der Waals surface area contributed by atoms with Gasteiger partial charge in [0.15, 0.2) is 0 Å². The van der Waals surface area contributed by atoms with Crippen LogP contribution in [0.25, 0.3) is 10.9 Å². The first-order chi connectivity index (χ1) is 14.2. The summed E-state index contributed by atoms with van der Waals surface area (Å²) in [4.78, 5) is 14.9. The van der Waals surface area contributed by atoms with Gasteiger partial charge in [0.05, 0.1) is 18.8 Å². The van der Waals surface area contributed by atoms with E-state index in [2.05, 4.69) is 45.1 Å². The monoisotopic (exact) mass is 386 g/mol. The van der Waals surface area contributed by atoms with E-state index >= 15 is 0 Å². The summed E-state index contributed by atoms with van der Waals surface area (Å²) in [5, 5.41) is 5.53. The number of nitrogens with zero attached hydrogens (tertiary/aromatic N) is 3. The Morgan fingerprint density at radius 2 is 2.07 bits per heavy atom. The molecule has 148 valence electrons. The Balaban J connectivity index is 1.34. The zero-order chi connectivity index (χ0) is 19.8. The molecule has 2 heterocycles. The third-order valence-electron chi connectivity index (χ3n) is 6.19. The third-order valence-corrected chi connectivity index (χ3v) is 6.19. The van der Waals surface area contributed by atoms with Crippen LogP contribution >= 0.6 is 0 Å². The molecule has 0 fully saturated rings. The summed E-state index contributed by atoms with van der Waals surface area (Å²) in [6.07, 6.45) is 5.12. The lowest BCUT2D eigenvalue weighted by Gasteiger charge is -2.39. The number of nitrogens with one attached hydrogen (secondary N) is 1. The molecule has 1 atom stereocenters. The van der Waals surface area contributed by atoms with Crippen LogP contribution in [0.2, 0.25) is 0 Å². The smallest absolute Gasteiger partial charge is 0.254 e. The molecule has 1 aromatic heterocycles. The SMILES string of the molecule is Cc1ccc2c(c1)c1c3n2CCN(CC(=O)N/N=C/c2ccccc2)C3CCC1. The van der Waals surface area contributed by atoms with Crippen LogP contribution in [0.4, 0.5) is 0 Å². The lowest BCUT2D eigenvalue weighted by atomic mass is 9.89. The number of hydrogen-bond donors (Lipinski definition) is 1. The van der Waals surface area contributed by atoms with Gasteiger partial charge in [0.2, 0.25) is 0 Å². The maximum Gasteiger partial charge on any atom is 0.254 e. The molecule has 5 nitrogen and oxygen atoms in total. The average Bonchev–Trinajstić information content (AvgIpc) is 3.05. The fourth-order valence-corrected chi connectivity index (χ4v) is 4.92. The number of benzene rings is 2. The lowest BCUT2D eigenvalue weighted by Crippen LogP contribution is -2.44. The van der Waals surface area contributed by atoms with Gasteiger partial charge in [-0.1, -0.05) is 42.0 Å². The van der Waals surface area contributed by atoms with E-state index in [1.165, 1.54) is 34.1 Å². The van der Waals surface area contributed by atoms with Crippen molar-refractivity contribution in [3.63, 3.8) is 0 Å². The van der Waals surface area contributed by atoms with Crippen molar-refractivity contribution in [2.24, 2.45) is 5.10 Å². The lowest BCUT2D eigenvalue weighted by molar-refractivity contribution is -0.123. The van der Waals surface area contributed by atoms with Gasteiger partial charge in [-0.05, 0) is 49.4 Å². The van der Waals surface area contributed by atoms with E-state index < -0.39 is 0 Å². The van der Waals surface area contributed by atoms with E-state index in [4.69, 9.17) is 0 Å². The second-order valence-electron chi connectivity index (χ2n) is 8.12. The largest absolute Gasteiger partial charge is 0.342 e. The van der Waals surface area contributed by atoms with Crippen molar-refractivity contribution in [3.8, 4) is 0 Å². The Hall–Kier alpha value is -2.92. The third kappa shape index (κ3) is 3.36. The molecule has 1 aliphatic heterocycles. The molecule has 0 spiro atoms. The molecule has 2 aromatic carbocycles. The highest BCUT2D eigenvalue weighted by Crippen LogP contribution is 2.42. The van der Waals surface area contributed by atoms with Crippen molar-refractivity contribution < 1.29 is 4.79 Å². The van der Waals surface area contributed by atoms with Crippen molar-refractivity contribution >= 4 is 23.0 Å². The average molecular weight is 386 g/mol. The normalized spacial score (nSPS) is 18.9. The summed E-state index contributed by atoms with van der Waals surface area (Å²) in [5.41, 5.74) is 9.26. The van der Waals surface area contributed by atoms with Gasteiger partial charge in [-0.25, -0.2) is 5.43 Å². The maximum atomic E-state index is 12.5. The fourth-order valence-electron chi connectivity index (χ4n) is 4.92. The minimum Gasteiger partial charge on any atom is -0.342 e. The minimum absolute atomic E-state index is 0.0512. The molecule has 1 aliphatic carbocycles. The molecular weight excluding hydrogens is 360 g/mol. The molecule has 0 saturated heterocycles. The van der Waals surface area contributed by atoms with E-state index in [1.54, 1.807) is 6.21 Å². The second kappa shape index (κ2) is 7.48. The standard InChI is InChI=1S/C24H26N4O/c1-17-10-11-21-20(14-17)19-8-5-9-22-24(19)28(21)13-12-27(22)16-23(29)26-25-15-18-6-3-2-4-7-18/h2-4,6-7,10-11,14-15,22H,5,8-9,12-13,16H2,1H3,(H,26,29)/b25-15+. The number of fused-ring (bicyclic) bond motifs is 3. The highest BCUT2D eigenvalue weighted by molar-refractivity contribution is 5.87. The van der Waals surface area contributed by atoms with E-state index in [9.17, 15) is 4.79 Å². The van der Waals surface area contributed by atoms with Crippen LogP contribution in [-0.2, 0) is 17.8 Å². The molecule has 2 aliphatic rings. The number of hydrogen-bond acceptors (Lipinski definition) is 3. The second-order valence-corrected chi connectivity index (χ2v) is 8.12. The van der Waals surface area contributed by atoms with Gasteiger partial charge in [0, 0.05) is 29.7 Å². The Labute approximate surface area is 171 Å².